The molecule has 3 aromatic rings. The third-order valence-corrected chi connectivity index (χ3v) is 3.47. The molecular weight excluding hydrogens is 260 g/mol. The fourth-order valence-corrected chi connectivity index (χ4v) is 2.57. The highest BCUT2D eigenvalue weighted by molar-refractivity contribution is 5.89. The molecule has 1 heterocycles. The van der Waals surface area contributed by atoms with Crippen molar-refractivity contribution in [2.45, 2.75) is 20.4 Å². The van der Waals surface area contributed by atoms with E-state index in [1.54, 1.807) is 6.20 Å². The van der Waals surface area contributed by atoms with Gasteiger partial charge in [0.2, 0.25) is 5.88 Å². The Labute approximate surface area is 124 Å². The molecule has 0 spiro atoms. The maximum absolute atomic E-state index is 6.00. The number of aromatic nitrogens is 1. The molecule has 0 saturated carbocycles. The molecule has 3 nitrogen and oxygen atoms in total. The van der Waals surface area contributed by atoms with Gasteiger partial charge in [-0.25, -0.2) is 4.98 Å². The van der Waals surface area contributed by atoms with E-state index in [0.717, 1.165) is 22.1 Å². The molecule has 0 aliphatic rings. The van der Waals surface area contributed by atoms with Crippen LogP contribution in [-0.2, 0) is 6.54 Å². The van der Waals surface area contributed by atoms with Crippen molar-refractivity contribution < 1.29 is 4.74 Å². The Kier molecular flexibility index (Phi) is 3.59. The Morgan fingerprint density at radius 1 is 1.00 bits per heavy atom. The Bertz CT molecular complexity index is 776. The number of pyridine rings is 1. The second-order valence-electron chi connectivity index (χ2n) is 5.26. The molecule has 0 radical (unpaired) electrons. The molecule has 1 aromatic heterocycles. The summed E-state index contributed by atoms with van der Waals surface area (Å²) in [5.41, 5.74) is 9.15. The molecule has 106 valence electrons. The van der Waals surface area contributed by atoms with Gasteiger partial charge in [-0.15, -0.1) is 0 Å². The zero-order valence-electron chi connectivity index (χ0n) is 12.3. The topological polar surface area (TPSA) is 48.1 Å². The first-order valence-corrected chi connectivity index (χ1v) is 7.00. The number of fused-ring (bicyclic) bond motifs is 1. The minimum Gasteiger partial charge on any atom is -0.438 e. The van der Waals surface area contributed by atoms with Gasteiger partial charge in [-0.1, -0.05) is 24.3 Å². The summed E-state index contributed by atoms with van der Waals surface area (Å²) in [5.74, 6) is 1.43. The van der Waals surface area contributed by atoms with Crippen molar-refractivity contribution in [1.29, 1.82) is 0 Å². The van der Waals surface area contributed by atoms with Crippen molar-refractivity contribution in [1.82, 2.24) is 4.98 Å². The van der Waals surface area contributed by atoms with Crippen LogP contribution in [0, 0.1) is 13.8 Å². The minimum atomic E-state index is 0.470. The summed E-state index contributed by atoms with van der Waals surface area (Å²) in [6.07, 6.45) is 1.79. The van der Waals surface area contributed by atoms with Crippen LogP contribution in [0.4, 0.5) is 0 Å². The van der Waals surface area contributed by atoms with E-state index < -0.39 is 0 Å². The van der Waals surface area contributed by atoms with Gasteiger partial charge >= 0.3 is 0 Å². The van der Waals surface area contributed by atoms with Crippen molar-refractivity contribution in [3.05, 3.63) is 65.4 Å². The molecule has 0 aliphatic heterocycles. The van der Waals surface area contributed by atoms with Crippen LogP contribution in [0.5, 0.6) is 11.6 Å². The molecule has 0 bridgehead atoms. The second kappa shape index (κ2) is 5.54. The lowest BCUT2D eigenvalue weighted by atomic mass is 10.1. The first kappa shape index (κ1) is 13.6. The number of nitrogens with zero attached hydrogens (tertiary/aromatic N) is 1. The van der Waals surface area contributed by atoms with E-state index >= 15 is 0 Å². The number of aryl methyl sites for hydroxylation is 2. The van der Waals surface area contributed by atoms with E-state index in [1.165, 1.54) is 11.1 Å². The quantitative estimate of drug-likeness (QED) is 0.784. The van der Waals surface area contributed by atoms with Crippen molar-refractivity contribution in [2.75, 3.05) is 0 Å². The van der Waals surface area contributed by atoms with Gasteiger partial charge < -0.3 is 10.5 Å². The van der Waals surface area contributed by atoms with E-state index in [9.17, 15) is 0 Å². The number of rotatable bonds is 3. The standard InChI is InChI=1S/C18H18N2O/c1-12-7-13(2)9-15(8-12)21-18-17-6-4-3-5-16(17)14(10-19)11-20-18/h3-9,11H,10,19H2,1-2H3. The highest BCUT2D eigenvalue weighted by Crippen LogP contribution is 2.30. The summed E-state index contributed by atoms with van der Waals surface area (Å²) in [7, 11) is 0. The lowest BCUT2D eigenvalue weighted by Gasteiger charge is -2.11. The van der Waals surface area contributed by atoms with Crippen LogP contribution in [0.3, 0.4) is 0 Å². The largest absolute Gasteiger partial charge is 0.438 e. The zero-order chi connectivity index (χ0) is 14.8. The van der Waals surface area contributed by atoms with E-state index in [1.807, 2.05) is 36.4 Å². The maximum atomic E-state index is 6.00. The Morgan fingerprint density at radius 3 is 2.33 bits per heavy atom. The number of benzene rings is 2. The highest BCUT2D eigenvalue weighted by atomic mass is 16.5. The maximum Gasteiger partial charge on any atom is 0.227 e. The minimum absolute atomic E-state index is 0.470. The van der Waals surface area contributed by atoms with Gasteiger partial charge in [-0.2, -0.15) is 0 Å². The SMILES string of the molecule is Cc1cc(C)cc(Oc2ncc(CN)c3ccccc23)c1. The zero-order valence-corrected chi connectivity index (χ0v) is 12.3. The summed E-state index contributed by atoms with van der Waals surface area (Å²) >= 11 is 0. The average Bonchev–Trinajstić information content (AvgIpc) is 2.46. The smallest absolute Gasteiger partial charge is 0.227 e. The van der Waals surface area contributed by atoms with Crippen molar-refractivity contribution >= 4 is 10.8 Å². The van der Waals surface area contributed by atoms with E-state index in [0.29, 0.717) is 12.4 Å². The first-order chi connectivity index (χ1) is 10.2. The third kappa shape index (κ3) is 2.73. The normalized spacial score (nSPS) is 10.8. The van der Waals surface area contributed by atoms with Crippen LogP contribution >= 0.6 is 0 Å². The predicted octanol–water partition coefficient (Wildman–Crippen LogP) is 4.10. The molecule has 3 heteroatoms. The lowest BCUT2D eigenvalue weighted by molar-refractivity contribution is 0.468. The lowest BCUT2D eigenvalue weighted by Crippen LogP contribution is -2.00. The summed E-state index contributed by atoms with van der Waals surface area (Å²) in [6.45, 7) is 4.59. The molecule has 0 atom stereocenters. The summed E-state index contributed by atoms with van der Waals surface area (Å²) < 4.78 is 6.00. The summed E-state index contributed by atoms with van der Waals surface area (Å²) in [5, 5.41) is 2.08. The van der Waals surface area contributed by atoms with Crippen LogP contribution in [0.25, 0.3) is 10.8 Å². The van der Waals surface area contributed by atoms with Crippen LogP contribution in [0.15, 0.2) is 48.7 Å². The van der Waals surface area contributed by atoms with Gasteiger partial charge in [-0.05, 0) is 54.1 Å². The molecule has 21 heavy (non-hydrogen) atoms. The van der Waals surface area contributed by atoms with E-state index in [2.05, 4.69) is 24.9 Å². The summed E-state index contributed by atoms with van der Waals surface area (Å²) in [6, 6.07) is 14.2. The molecule has 0 unspecified atom stereocenters. The monoisotopic (exact) mass is 278 g/mol. The van der Waals surface area contributed by atoms with E-state index in [-0.39, 0.29) is 0 Å². The molecule has 3 rings (SSSR count). The number of hydrogen-bond acceptors (Lipinski definition) is 3. The molecule has 0 saturated heterocycles. The fourth-order valence-electron chi connectivity index (χ4n) is 2.57. The third-order valence-electron chi connectivity index (χ3n) is 3.47. The molecule has 0 fully saturated rings. The van der Waals surface area contributed by atoms with Gasteiger partial charge in [0.25, 0.3) is 0 Å². The number of hydrogen-bond donors (Lipinski definition) is 1. The van der Waals surface area contributed by atoms with Gasteiger partial charge in [0.05, 0.1) is 0 Å². The summed E-state index contributed by atoms with van der Waals surface area (Å²) in [4.78, 5) is 4.43. The first-order valence-electron chi connectivity index (χ1n) is 7.00. The van der Waals surface area contributed by atoms with E-state index in [4.69, 9.17) is 10.5 Å². The van der Waals surface area contributed by atoms with Gasteiger partial charge in [0.15, 0.2) is 0 Å². The van der Waals surface area contributed by atoms with Gasteiger partial charge in [0.1, 0.15) is 5.75 Å². The van der Waals surface area contributed by atoms with Crippen molar-refractivity contribution in [2.24, 2.45) is 5.73 Å². The van der Waals surface area contributed by atoms with Gasteiger partial charge in [-0.3, -0.25) is 0 Å². The van der Waals surface area contributed by atoms with Crippen LogP contribution in [-0.4, -0.2) is 4.98 Å². The molecule has 2 N–H and O–H groups in total. The number of ether oxygens (including phenoxy) is 1. The molecule has 2 aromatic carbocycles. The second-order valence-corrected chi connectivity index (χ2v) is 5.26. The van der Waals surface area contributed by atoms with Crippen LogP contribution in [0.1, 0.15) is 16.7 Å². The number of nitrogens with two attached hydrogens (primary N) is 1. The molecule has 0 amide bonds. The van der Waals surface area contributed by atoms with Crippen molar-refractivity contribution in [3.63, 3.8) is 0 Å². The van der Waals surface area contributed by atoms with Gasteiger partial charge in [0, 0.05) is 18.1 Å². The average molecular weight is 278 g/mol. The highest BCUT2D eigenvalue weighted by Gasteiger charge is 2.08. The van der Waals surface area contributed by atoms with Crippen LogP contribution < -0.4 is 10.5 Å². The Balaban J connectivity index is 2.09. The van der Waals surface area contributed by atoms with Crippen molar-refractivity contribution in [3.8, 4) is 11.6 Å². The molecule has 0 aliphatic carbocycles. The fraction of sp³-hybridized carbons (Fsp3) is 0.167. The predicted molar refractivity (Wildman–Crippen MR) is 85.6 cm³/mol. The van der Waals surface area contributed by atoms with Crippen LogP contribution in [0.2, 0.25) is 0 Å². The Hall–Kier alpha value is -2.39. The Morgan fingerprint density at radius 2 is 1.67 bits per heavy atom. The molecular formula is C18H18N2O.